The van der Waals surface area contributed by atoms with E-state index in [0.29, 0.717) is 12.5 Å². The van der Waals surface area contributed by atoms with Crippen LogP contribution < -0.4 is 5.73 Å². The molecular formula is C10H18N2O2. The average Bonchev–Trinajstić information content (AvgIpc) is 2.72. The van der Waals surface area contributed by atoms with E-state index in [1.54, 1.807) is 4.90 Å². The Morgan fingerprint density at radius 2 is 2.50 bits per heavy atom. The largest absolute Gasteiger partial charge is 0.453 e. The molecule has 2 aliphatic rings. The number of nitrogens with zero attached hydrogens (tertiary/aromatic N) is 1. The summed E-state index contributed by atoms with van der Waals surface area (Å²) in [5.41, 5.74) is 6.04. The van der Waals surface area contributed by atoms with Gasteiger partial charge in [-0.25, -0.2) is 4.79 Å². The molecule has 1 aliphatic carbocycles. The number of fused-ring (bicyclic) bond motifs is 1. The summed E-state index contributed by atoms with van der Waals surface area (Å²) in [6, 6.07) is 0. The van der Waals surface area contributed by atoms with Crippen LogP contribution >= 0.6 is 0 Å². The molecule has 0 radical (unpaired) electrons. The van der Waals surface area contributed by atoms with Gasteiger partial charge in [0.25, 0.3) is 0 Å². The van der Waals surface area contributed by atoms with E-state index in [0.717, 1.165) is 13.1 Å². The lowest BCUT2D eigenvalue weighted by molar-refractivity contribution is 0.126. The Morgan fingerprint density at radius 1 is 1.71 bits per heavy atom. The fourth-order valence-corrected chi connectivity index (χ4v) is 3.02. The molecule has 2 atom stereocenters. The Hall–Kier alpha value is -0.770. The molecule has 2 fully saturated rings. The minimum atomic E-state index is -0.202. The SMILES string of the molecule is COC(=O)N1C[C@@H]2CCC[C@]2(CN)C1. The van der Waals surface area contributed by atoms with Crippen LogP contribution in [0.2, 0.25) is 0 Å². The van der Waals surface area contributed by atoms with E-state index in [4.69, 9.17) is 10.5 Å². The first-order chi connectivity index (χ1) is 6.72. The number of carbonyl (C=O) groups is 1. The maximum atomic E-state index is 11.4. The number of hydrogen-bond acceptors (Lipinski definition) is 3. The highest BCUT2D eigenvalue weighted by Gasteiger charge is 2.49. The van der Waals surface area contributed by atoms with Crippen LogP contribution in [0.15, 0.2) is 0 Å². The summed E-state index contributed by atoms with van der Waals surface area (Å²) in [6.07, 6.45) is 3.44. The predicted molar refractivity (Wildman–Crippen MR) is 52.8 cm³/mol. The first-order valence-electron chi connectivity index (χ1n) is 5.25. The Bertz CT molecular complexity index is 244. The van der Waals surface area contributed by atoms with Crippen LogP contribution in [0.4, 0.5) is 4.79 Å². The number of carbonyl (C=O) groups excluding carboxylic acids is 1. The van der Waals surface area contributed by atoms with Crippen molar-refractivity contribution in [2.24, 2.45) is 17.1 Å². The molecule has 1 saturated carbocycles. The van der Waals surface area contributed by atoms with Gasteiger partial charge in [0.1, 0.15) is 0 Å². The first-order valence-corrected chi connectivity index (χ1v) is 5.25. The van der Waals surface area contributed by atoms with Crippen LogP contribution in [0.25, 0.3) is 0 Å². The van der Waals surface area contributed by atoms with E-state index >= 15 is 0 Å². The van der Waals surface area contributed by atoms with E-state index in [-0.39, 0.29) is 11.5 Å². The van der Waals surface area contributed by atoms with E-state index < -0.39 is 0 Å². The van der Waals surface area contributed by atoms with Crippen molar-refractivity contribution in [2.75, 3.05) is 26.7 Å². The molecule has 0 spiro atoms. The molecule has 1 heterocycles. The monoisotopic (exact) mass is 198 g/mol. The molecule has 1 amide bonds. The highest BCUT2D eigenvalue weighted by atomic mass is 16.5. The molecule has 14 heavy (non-hydrogen) atoms. The highest BCUT2D eigenvalue weighted by molar-refractivity contribution is 5.68. The number of ether oxygens (including phenoxy) is 1. The highest BCUT2D eigenvalue weighted by Crippen LogP contribution is 2.47. The topological polar surface area (TPSA) is 55.6 Å². The number of likely N-dealkylation sites (tertiary alicyclic amines) is 1. The van der Waals surface area contributed by atoms with Gasteiger partial charge >= 0.3 is 6.09 Å². The van der Waals surface area contributed by atoms with Crippen molar-refractivity contribution in [2.45, 2.75) is 19.3 Å². The van der Waals surface area contributed by atoms with Gasteiger partial charge in [-0.3, -0.25) is 0 Å². The van der Waals surface area contributed by atoms with E-state index in [1.165, 1.54) is 26.4 Å². The van der Waals surface area contributed by atoms with Gasteiger partial charge in [0.15, 0.2) is 0 Å². The van der Waals surface area contributed by atoms with Crippen molar-refractivity contribution in [1.29, 1.82) is 0 Å². The van der Waals surface area contributed by atoms with E-state index in [2.05, 4.69) is 0 Å². The third kappa shape index (κ3) is 1.29. The van der Waals surface area contributed by atoms with Crippen molar-refractivity contribution in [3.05, 3.63) is 0 Å². The second-order valence-corrected chi connectivity index (χ2v) is 4.51. The van der Waals surface area contributed by atoms with Gasteiger partial charge in [-0.05, 0) is 25.3 Å². The zero-order chi connectivity index (χ0) is 10.2. The minimum absolute atomic E-state index is 0.202. The quantitative estimate of drug-likeness (QED) is 0.678. The van der Waals surface area contributed by atoms with Crippen LogP contribution in [0.1, 0.15) is 19.3 Å². The average molecular weight is 198 g/mol. The molecule has 4 heteroatoms. The van der Waals surface area contributed by atoms with Crippen LogP contribution in [0.3, 0.4) is 0 Å². The van der Waals surface area contributed by atoms with Crippen molar-refractivity contribution in [1.82, 2.24) is 4.90 Å². The van der Waals surface area contributed by atoms with E-state index in [9.17, 15) is 4.79 Å². The van der Waals surface area contributed by atoms with Crippen LogP contribution in [0.5, 0.6) is 0 Å². The second kappa shape index (κ2) is 3.42. The zero-order valence-electron chi connectivity index (χ0n) is 8.66. The third-order valence-electron chi connectivity index (χ3n) is 3.88. The van der Waals surface area contributed by atoms with Gasteiger partial charge in [0.05, 0.1) is 7.11 Å². The Labute approximate surface area is 84.4 Å². The second-order valence-electron chi connectivity index (χ2n) is 4.51. The Morgan fingerprint density at radius 3 is 3.07 bits per heavy atom. The zero-order valence-corrected chi connectivity index (χ0v) is 8.66. The lowest BCUT2D eigenvalue weighted by Gasteiger charge is -2.26. The molecule has 0 bridgehead atoms. The number of rotatable bonds is 1. The lowest BCUT2D eigenvalue weighted by Crippen LogP contribution is -2.36. The van der Waals surface area contributed by atoms with Crippen LogP contribution in [0, 0.1) is 11.3 Å². The molecular weight excluding hydrogens is 180 g/mol. The summed E-state index contributed by atoms with van der Waals surface area (Å²) in [5, 5.41) is 0. The van der Waals surface area contributed by atoms with Crippen molar-refractivity contribution in [3.63, 3.8) is 0 Å². The molecule has 0 aromatic rings. The van der Waals surface area contributed by atoms with Gasteiger partial charge in [-0.1, -0.05) is 6.42 Å². The first kappa shape index (κ1) is 9.77. The van der Waals surface area contributed by atoms with Crippen molar-refractivity contribution >= 4 is 6.09 Å². The van der Waals surface area contributed by atoms with E-state index in [1.807, 2.05) is 0 Å². The fourth-order valence-electron chi connectivity index (χ4n) is 3.02. The molecule has 80 valence electrons. The number of methoxy groups -OCH3 is 1. The summed E-state index contributed by atoms with van der Waals surface area (Å²) in [6.45, 7) is 2.33. The summed E-state index contributed by atoms with van der Waals surface area (Å²) in [5.74, 6) is 0.603. The van der Waals surface area contributed by atoms with Crippen molar-refractivity contribution < 1.29 is 9.53 Å². The molecule has 2 N–H and O–H groups in total. The molecule has 0 aromatic carbocycles. The summed E-state index contributed by atoms with van der Waals surface area (Å²) >= 11 is 0. The van der Waals surface area contributed by atoms with Gasteiger partial charge in [-0.15, -0.1) is 0 Å². The van der Waals surface area contributed by atoms with Gasteiger partial charge in [-0.2, -0.15) is 0 Å². The normalized spacial score (nSPS) is 35.9. The molecule has 4 nitrogen and oxygen atoms in total. The molecule has 0 unspecified atom stereocenters. The summed E-state index contributed by atoms with van der Waals surface area (Å²) in [4.78, 5) is 13.2. The standard InChI is InChI=1S/C10H18N2O2/c1-14-9(13)12-5-8-3-2-4-10(8,6-11)7-12/h8H,2-7,11H2,1H3/t8-,10-/m0/s1. The molecule has 1 aliphatic heterocycles. The number of hydrogen-bond donors (Lipinski definition) is 1. The third-order valence-corrected chi connectivity index (χ3v) is 3.88. The summed E-state index contributed by atoms with van der Waals surface area (Å²) < 4.78 is 4.74. The molecule has 0 aromatic heterocycles. The predicted octanol–water partition coefficient (Wildman–Crippen LogP) is 0.814. The molecule has 1 saturated heterocycles. The smallest absolute Gasteiger partial charge is 0.409 e. The molecule has 2 rings (SSSR count). The maximum absolute atomic E-state index is 11.4. The number of nitrogens with two attached hydrogens (primary N) is 1. The Kier molecular flexibility index (Phi) is 2.39. The van der Waals surface area contributed by atoms with Crippen molar-refractivity contribution in [3.8, 4) is 0 Å². The van der Waals surface area contributed by atoms with Gasteiger partial charge < -0.3 is 15.4 Å². The lowest BCUT2D eigenvalue weighted by atomic mass is 9.81. The van der Waals surface area contributed by atoms with Crippen LogP contribution in [-0.4, -0.2) is 37.7 Å². The number of amides is 1. The van der Waals surface area contributed by atoms with Crippen LogP contribution in [-0.2, 0) is 4.74 Å². The van der Waals surface area contributed by atoms with Gasteiger partial charge in [0, 0.05) is 18.5 Å². The maximum Gasteiger partial charge on any atom is 0.409 e. The summed E-state index contributed by atoms with van der Waals surface area (Å²) in [7, 11) is 1.44. The minimum Gasteiger partial charge on any atom is -0.453 e. The van der Waals surface area contributed by atoms with Gasteiger partial charge in [0.2, 0.25) is 0 Å². The fraction of sp³-hybridized carbons (Fsp3) is 0.900. The Balaban J connectivity index is 2.08.